The highest BCUT2D eigenvalue weighted by atomic mass is 79.9. The summed E-state index contributed by atoms with van der Waals surface area (Å²) >= 11 is 3.48. The van der Waals surface area contributed by atoms with E-state index in [9.17, 15) is 0 Å². The van der Waals surface area contributed by atoms with Gasteiger partial charge in [-0.1, -0.05) is 29.8 Å². The smallest absolute Gasteiger partial charge is 0.0367 e. The number of nitrogens with zero attached hydrogens (tertiary/aromatic N) is 1. The van der Waals surface area contributed by atoms with Crippen LogP contribution in [0.5, 0.6) is 0 Å². The molecule has 1 fully saturated rings. The van der Waals surface area contributed by atoms with Crippen LogP contribution >= 0.6 is 15.9 Å². The number of halogens is 1. The van der Waals surface area contributed by atoms with Crippen molar-refractivity contribution in [2.24, 2.45) is 5.41 Å². The lowest BCUT2D eigenvalue weighted by Crippen LogP contribution is -2.53. The number of hydrogen-bond donors (Lipinski definition) is 1. The molecule has 3 heteroatoms. The van der Waals surface area contributed by atoms with E-state index in [1.807, 2.05) is 0 Å². The van der Waals surface area contributed by atoms with E-state index < -0.39 is 0 Å². The SMILES string of the molecule is CNC1CCN(c2ccc(Br)cc2)CC1(C)C. The first-order valence-electron chi connectivity index (χ1n) is 6.21. The Bertz CT molecular complexity index is 372. The van der Waals surface area contributed by atoms with Gasteiger partial charge in [-0.2, -0.15) is 0 Å². The van der Waals surface area contributed by atoms with Gasteiger partial charge in [0, 0.05) is 29.3 Å². The van der Waals surface area contributed by atoms with Crippen LogP contribution in [-0.2, 0) is 0 Å². The fraction of sp³-hybridized carbons (Fsp3) is 0.571. The van der Waals surface area contributed by atoms with Crippen molar-refractivity contribution in [3.63, 3.8) is 0 Å². The van der Waals surface area contributed by atoms with Crippen LogP contribution in [0, 0.1) is 5.41 Å². The third kappa shape index (κ3) is 2.83. The summed E-state index contributed by atoms with van der Waals surface area (Å²) in [6, 6.07) is 9.24. The third-order valence-electron chi connectivity index (χ3n) is 3.77. The van der Waals surface area contributed by atoms with Crippen LogP contribution in [0.3, 0.4) is 0 Å². The third-order valence-corrected chi connectivity index (χ3v) is 4.30. The van der Waals surface area contributed by atoms with Gasteiger partial charge in [-0.05, 0) is 43.1 Å². The molecule has 17 heavy (non-hydrogen) atoms. The predicted molar refractivity (Wildman–Crippen MR) is 77.6 cm³/mol. The monoisotopic (exact) mass is 296 g/mol. The molecule has 1 saturated heterocycles. The van der Waals surface area contributed by atoms with Crippen LogP contribution in [-0.4, -0.2) is 26.2 Å². The number of anilines is 1. The van der Waals surface area contributed by atoms with Crippen molar-refractivity contribution >= 4 is 21.6 Å². The molecule has 1 aromatic carbocycles. The molecule has 2 rings (SSSR count). The van der Waals surface area contributed by atoms with Crippen molar-refractivity contribution < 1.29 is 0 Å². The van der Waals surface area contributed by atoms with Gasteiger partial charge in [-0.15, -0.1) is 0 Å². The molecule has 1 aliphatic heterocycles. The van der Waals surface area contributed by atoms with Crippen LogP contribution in [0.15, 0.2) is 28.7 Å². The maximum absolute atomic E-state index is 3.48. The Hall–Kier alpha value is -0.540. The molecule has 0 spiro atoms. The average Bonchev–Trinajstić information content (AvgIpc) is 2.28. The lowest BCUT2D eigenvalue weighted by atomic mass is 9.79. The quantitative estimate of drug-likeness (QED) is 0.901. The molecule has 0 aliphatic carbocycles. The number of piperidine rings is 1. The van der Waals surface area contributed by atoms with Crippen LogP contribution < -0.4 is 10.2 Å². The van der Waals surface area contributed by atoms with Crippen LogP contribution in [0.4, 0.5) is 5.69 Å². The highest BCUT2D eigenvalue weighted by molar-refractivity contribution is 9.10. The Morgan fingerprint density at radius 3 is 2.47 bits per heavy atom. The molecule has 1 heterocycles. The van der Waals surface area contributed by atoms with Crippen molar-refractivity contribution in [1.29, 1.82) is 0 Å². The van der Waals surface area contributed by atoms with Crippen molar-refractivity contribution in [3.05, 3.63) is 28.7 Å². The van der Waals surface area contributed by atoms with Gasteiger partial charge in [0.15, 0.2) is 0 Å². The highest BCUT2D eigenvalue weighted by Gasteiger charge is 2.34. The Labute approximate surface area is 113 Å². The summed E-state index contributed by atoms with van der Waals surface area (Å²) in [5.41, 5.74) is 1.65. The zero-order chi connectivity index (χ0) is 12.5. The maximum Gasteiger partial charge on any atom is 0.0367 e. The Balaban J connectivity index is 2.12. The highest BCUT2D eigenvalue weighted by Crippen LogP contribution is 2.32. The zero-order valence-electron chi connectivity index (χ0n) is 10.8. The van der Waals surface area contributed by atoms with Crippen molar-refractivity contribution in [1.82, 2.24) is 5.32 Å². The summed E-state index contributed by atoms with van der Waals surface area (Å²) in [6.45, 7) is 6.94. The average molecular weight is 297 g/mol. The fourth-order valence-electron chi connectivity index (χ4n) is 2.76. The van der Waals surface area contributed by atoms with Gasteiger partial charge < -0.3 is 10.2 Å². The second-order valence-electron chi connectivity index (χ2n) is 5.52. The molecule has 1 unspecified atom stereocenters. The van der Waals surface area contributed by atoms with E-state index >= 15 is 0 Å². The second-order valence-corrected chi connectivity index (χ2v) is 6.43. The van der Waals surface area contributed by atoms with Crippen molar-refractivity contribution in [2.75, 3.05) is 25.0 Å². The normalized spacial score (nSPS) is 23.8. The number of rotatable bonds is 2. The first-order valence-corrected chi connectivity index (χ1v) is 7.00. The molecule has 0 saturated carbocycles. The predicted octanol–water partition coefficient (Wildman–Crippen LogP) is 3.27. The molecule has 0 radical (unpaired) electrons. The van der Waals surface area contributed by atoms with E-state index in [-0.39, 0.29) is 0 Å². The van der Waals surface area contributed by atoms with Gasteiger partial charge in [-0.3, -0.25) is 0 Å². The topological polar surface area (TPSA) is 15.3 Å². The lowest BCUT2D eigenvalue weighted by molar-refractivity contribution is 0.215. The Kier molecular flexibility index (Phi) is 3.79. The minimum atomic E-state index is 0.320. The Morgan fingerprint density at radius 2 is 1.94 bits per heavy atom. The van der Waals surface area contributed by atoms with Crippen molar-refractivity contribution in [2.45, 2.75) is 26.3 Å². The van der Waals surface area contributed by atoms with Gasteiger partial charge in [0.25, 0.3) is 0 Å². The molecular weight excluding hydrogens is 276 g/mol. The van der Waals surface area contributed by atoms with Crippen LogP contribution in [0.2, 0.25) is 0 Å². The lowest BCUT2D eigenvalue weighted by Gasteiger charge is -2.45. The molecule has 1 atom stereocenters. The number of nitrogens with one attached hydrogen (secondary N) is 1. The Morgan fingerprint density at radius 1 is 1.29 bits per heavy atom. The van der Waals surface area contributed by atoms with Crippen LogP contribution in [0.25, 0.3) is 0 Å². The van der Waals surface area contributed by atoms with E-state index in [1.54, 1.807) is 0 Å². The summed E-state index contributed by atoms with van der Waals surface area (Å²) < 4.78 is 1.14. The summed E-state index contributed by atoms with van der Waals surface area (Å²) in [5, 5.41) is 3.44. The molecule has 0 bridgehead atoms. The first-order chi connectivity index (χ1) is 8.03. The zero-order valence-corrected chi connectivity index (χ0v) is 12.4. The van der Waals surface area contributed by atoms with Crippen molar-refractivity contribution in [3.8, 4) is 0 Å². The minimum Gasteiger partial charge on any atom is -0.371 e. The molecule has 0 aromatic heterocycles. The van der Waals surface area contributed by atoms with Gasteiger partial charge in [0.1, 0.15) is 0 Å². The largest absolute Gasteiger partial charge is 0.371 e. The summed E-state index contributed by atoms with van der Waals surface area (Å²) in [4.78, 5) is 2.49. The molecule has 1 aliphatic rings. The van der Waals surface area contributed by atoms with E-state index in [2.05, 4.69) is 71.3 Å². The first kappa shape index (κ1) is 12.9. The number of benzene rings is 1. The van der Waals surface area contributed by atoms with Gasteiger partial charge in [0.05, 0.1) is 0 Å². The minimum absolute atomic E-state index is 0.320. The summed E-state index contributed by atoms with van der Waals surface area (Å²) in [5.74, 6) is 0. The second kappa shape index (κ2) is 4.99. The summed E-state index contributed by atoms with van der Waals surface area (Å²) in [7, 11) is 2.07. The van der Waals surface area contributed by atoms with Gasteiger partial charge in [-0.25, -0.2) is 0 Å². The molecule has 2 nitrogen and oxygen atoms in total. The van der Waals surface area contributed by atoms with E-state index in [1.165, 1.54) is 12.1 Å². The van der Waals surface area contributed by atoms with Gasteiger partial charge >= 0.3 is 0 Å². The van der Waals surface area contributed by atoms with Gasteiger partial charge in [0.2, 0.25) is 0 Å². The summed E-state index contributed by atoms with van der Waals surface area (Å²) in [6.07, 6.45) is 1.21. The molecule has 1 N–H and O–H groups in total. The molecule has 1 aromatic rings. The molecular formula is C14H21BrN2. The molecule has 94 valence electrons. The molecule has 0 amide bonds. The van der Waals surface area contributed by atoms with E-state index in [0.29, 0.717) is 11.5 Å². The standard InChI is InChI=1S/C14H21BrN2/c1-14(2)10-17(9-8-13(14)16-3)12-6-4-11(15)5-7-12/h4-7,13,16H,8-10H2,1-3H3. The van der Waals surface area contributed by atoms with Crippen LogP contribution in [0.1, 0.15) is 20.3 Å². The van der Waals surface area contributed by atoms with E-state index in [4.69, 9.17) is 0 Å². The van der Waals surface area contributed by atoms with E-state index in [0.717, 1.165) is 17.6 Å². The number of hydrogen-bond acceptors (Lipinski definition) is 2. The maximum atomic E-state index is 3.48. The fourth-order valence-corrected chi connectivity index (χ4v) is 3.03.